The van der Waals surface area contributed by atoms with Crippen LogP contribution in [0.4, 0.5) is 5.82 Å². The second-order valence-electron chi connectivity index (χ2n) is 3.93. The van der Waals surface area contributed by atoms with Gasteiger partial charge >= 0.3 is 0 Å². The predicted octanol–water partition coefficient (Wildman–Crippen LogP) is 6.68. The summed E-state index contributed by atoms with van der Waals surface area (Å²) < 4.78 is 6.31. The Morgan fingerprint density at radius 1 is 1.05 bits per heavy atom. The van der Waals surface area contributed by atoms with Crippen LogP contribution in [-0.2, 0) is 0 Å². The number of rotatable bonds is 4. The molecule has 1 aromatic carbocycles. The van der Waals surface area contributed by atoms with Crippen LogP contribution in [0.1, 0.15) is 6.92 Å². The first-order valence-electron chi connectivity index (χ1n) is 5.84. The van der Waals surface area contributed by atoms with Crippen LogP contribution >= 0.6 is 62.3 Å². The van der Waals surface area contributed by atoms with Gasteiger partial charge in [-0.25, -0.2) is 0 Å². The van der Waals surface area contributed by atoms with Gasteiger partial charge in [0.05, 0.1) is 15.1 Å². The van der Waals surface area contributed by atoms with E-state index < -0.39 is 0 Å². The van der Waals surface area contributed by atoms with Crippen molar-refractivity contribution in [3.63, 3.8) is 0 Å². The van der Waals surface area contributed by atoms with Crippen molar-refractivity contribution >= 4 is 68.2 Å². The fraction of sp³-hybridized carbons (Fsp3) is 0.154. The quantitative estimate of drug-likeness (QED) is 0.549. The molecule has 3 nitrogen and oxygen atoms in total. The van der Waals surface area contributed by atoms with E-state index in [1.165, 1.54) is 0 Å². The van der Waals surface area contributed by atoms with Gasteiger partial charge in [-0.15, -0.1) is 0 Å². The molecule has 0 amide bonds. The van der Waals surface area contributed by atoms with Crippen LogP contribution in [0, 0.1) is 0 Å². The van der Waals surface area contributed by atoms with Crippen molar-refractivity contribution in [2.24, 2.45) is 0 Å². The lowest BCUT2D eigenvalue weighted by atomic mass is 10.3. The molecule has 0 aliphatic carbocycles. The van der Waals surface area contributed by atoms with Crippen LogP contribution in [-0.4, -0.2) is 11.5 Å². The Morgan fingerprint density at radius 2 is 1.76 bits per heavy atom. The summed E-state index contributed by atoms with van der Waals surface area (Å²) in [6, 6.07) is 4.76. The minimum Gasteiger partial charge on any atom is -0.436 e. The van der Waals surface area contributed by atoms with E-state index in [4.69, 9.17) is 51.1 Å². The van der Waals surface area contributed by atoms with Crippen molar-refractivity contribution in [3.05, 3.63) is 42.8 Å². The van der Waals surface area contributed by atoms with E-state index in [0.717, 1.165) is 0 Å². The van der Waals surface area contributed by atoms with Gasteiger partial charge in [-0.05, 0) is 35.0 Å². The molecule has 0 unspecified atom stereocenters. The molecule has 1 N–H and O–H groups in total. The summed E-state index contributed by atoms with van der Waals surface area (Å²) >= 11 is 27.5. The van der Waals surface area contributed by atoms with Crippen molar-refractivity contribution in [1.29, 1.82) is 0 Å². The third-order valence-electron chi connectivity index (χ3n) is 2.42. The average molecular weight is 431 g/mol. The van der Waals surface area contributed by atoms with E-state index in [1.807, 2.05) is 6.92 Å². The lowest BCUT2D eigenvalue weighted by Crippen LogP contribution is -2.01. The highest BCUT2D eigenvalue weighted by molar-refractivity contribution is 9.10. The van der Waals surface area contributed by atoms with Gasteiger partial charge < -0.3 is 10.1 Å². The predicted molar refractivity (Wildman–Crippen MR) is 92.7 cm³/mol. The minimum atomic E-state index is 0.192. The largest absolute Gasteiger partial charge is 0.436 e. The Bertz CT molecular complexity index is 682. The molecular formula is C13H9BrCl4N2O. The van der Waals surface area contributed by atoms with Crippen molar-refractivity contribution in [2.45, 2.75) is 6.92 Å². The SMILES string of the molecule is CCNc1nc(Oc2cc(Cl)c(Br)cc2Cl)c(Cl)cc1Cl. The van der Waals surface area contributed by atoms with Crippen LogP contribution in [0.15, 0.2) is 22.7 Å². The zero-order chi connectivity index (χ0) is 15.6. The zero-order valence-corrected chi connectivity index (χ0v) is 15.3. The Hall–Kier alpha value is -0.390. The van der Waals surface area contributed by atoms with Crippen molar-refractivity contribution < 1.29 is 4.74 Å². The van der Waals surface area contributed by atoms with Gasteiger partial charge in [0.2, 0.25) is 5.88 Å². The van der Waals surface area contributed by atoms with E-state index >= 15 is 0 Å². The van der Waals surface area contributed by atoms with E-state index in [0.29, 0.717) is 37.7 Å². The van der Waals surface area contributed by atoms with Gasteiger partial charge in [0.25, 0.3) is 0 Å². The number of pyridine rings is 1. The number of hydrogen-bond donors (Lipinski definition) is 1. The van der Waals surface area contributed by atoms with Crippen molar-refractivity contribution in [1.82, 2.24) is 4.98 Å². The van der Waals surface area contributed by atoms with Crippen molar-refractivity contribution in [3.8, 4) is 11.6 Å². The number of hydrogen-bond acceptors (Lipinski definition) is 3. The first-order valence-corrected chi connectivity index (χ1v) is 8.15. The van der Waals surface area contributed by atoms with E-state index in [1.54, 1.807) is 18.2 Å². The highest BCUT2D eigenvalue weighted by Crippen LogP contribution is 2.39. The summed E-state index contributed by atoms with van der Waals surface area (Å²) in [6.07, 6.45) is 0. The molecule has 0 saturated carbocycles. The maximum Gasteiger partial charge on any atom is 0.240 e. The molecule has 112 valence electrons. The number of ether oxygens (including phenoxy) is 1. The van der Waals surface area contributed by atoms with Gasteiger partial charge in [0.15, 0.2) is 0 Å². The standard InChI is InChI=1S/C13H9BrCl4N2O/c1-2-19-12-9(17)4-10(18)13(20-12)21-11-5-7(15)6(14)3-8(11)16/h3-5H,2H2,1H3,(H,19,20). The Labute approximate surface area is 150 Å². The van der Waals surface area contributed by atoms with E-state index in [-0.39, 0.29) is 10.9 Å². The fourth-order valence-electron chi connectivity index (χ4n) is 1.50. The maximum atomic E-state index is 6.11. The molecule has 0 spiro atoms. The van der Waals surface area contributed by atoms with Gasteiger partial charge in [-0.1, -0.05) is 46.4 Å². The van der Waals surface area contributed by atoms with Crippen LogP contribution in [0.3, 0.4) is 0 Å². The van der Waals surface area contributed by atoms with Crippen LogP contribution in [0.2, 0.25) is 20.1 Å². The summed E-state index contributed by atoms with van der Waals surface area (Å²) in [5, 5.41) is 4.55. The highest BCUT2D eigenvalue weighted by Gasteiger charge is 2.14. The smallest absolute Gasteiger partial charge is 0.240 e. The first kappa shape index (κ1) is 17.0. The van der Waals surface area contributed by atoms with Crippen LogP contribution in [0.25, 0.3) is 0 Å². The Balaban J connectivity index is 2.39. The number of halogens is 5. The molecule has 21 heavy (non-hydrogen) atoms. The summed E-state index contributed by atoms with van der Waals surface area (Å²) in [5.41, 5.74) is 0. The number of aromatic nitrogens is 1. The number of nitrogens with zero attached hydrogens (tertiary/aromatic N) is 1. The molecular weight excluding hydrogens is 422 g/mol. The molecule has 0 fully saturated rings. The normalized spacial score (nSPS) is 10.6. The summed E-state index contributed by atoms with van der Waals surface area (Å²) in [5.74, 6) is 1.03. The topological polar surface area (TPSA) is 34.2 Å². The fourth-order valence-corrected chi connectivity index (χ4v) is 2.79. The van der Waals surface area contributed by atoms with Crippen LogP contribution < -0.4 is 10.1 Å². The number of nitrogens with one attached hydrogen (secondary N) is 1. The Kier molecular flexibility index (Phi) is 5.86. The molecule has 1 aromatic heterocycles. The molecule has 0 bridgehead atoms. The minimum absolute atomic E-state index is 0.192. The monoisotopic (exact) mass is 428 g/mol. The van der Waals surface area contributed by atoms with E-state index in [9.17, 15) is 0 Å². The number of benzene rings is 1. The Morgan fingerprint density at radius 3 is 2.43 bits per heavy atom. The van der Waals surface area contributed by atoms with Gasteiger partial charge in [-0.2, -0.15) is 4.98 Å². The molecule has 0 aliphatic heterocycles. The maximum absolute atomic E-state index is 6.11. The van der Waals surface area contributed by atoms with Gasteiger partial charge in [0, 0.05) is 17.1 Å². The molecule has 2 rings (SSSR count). The molecule has 0 radical (unpaired) electrons. The summed E-state index contributed by atoms with van der Waals surface area (Å²) in [7, 11) is 0. The third-order valence-corrected chi connectivity index (χ3v) is 4.47. The number of anilines is 1. The lowest BCUT2D eigenvalue weighted by Gasteiger charge is -2.12. The summed E-state index contributed by atoms with van der Waals surface area (Å²) in [4.78, 5) is 4.24. The average Bonchev–Trinajstić information content (AvgIpc) is 2.41. The molecule has 8 heteroatoms. The third kappa shape index (κ3) is 4.08. The lowest BCUT2D eigenvalue weighted by molar-refractivity contribution is 0.464. The van der Waals surface area contributed by atoms with Crippen LogP contribution in [0.5, 0.6) is 11.6 Å². The first-order chi connectivity index (χ1) is 9.92. The molecule has 0 atom stereocenters. The van der Waals surface area contributed by atoms with Gasteiger partial charge in [0.1, 0.15) is 16.6 Å². The second-order valence-corrected chi connectivity index (χ2v) is 6.42. The van der Waals surface area contributed by atoms with E-state index in [2.05, 4.69) is 26.2 Å². The molecule has 0 saturated heterocycles. The summed E-state index contributed by atoms with van der Waals surface area (Å²) in [6.45, 7) is 2.59. The zero-order valence-electron chi connectivity index (χ0n) is 10.7. The highest BCUT2D eigenvalue weighted by atomic mass is 79.9. The second kappa shape index (κ2) is 7.25. The van der Waals surface area contributed by atoms with Gasteiger partial charge in [-0.3, -0.25) is 0 Å². The van der Waals surface area contributed by atoms with Crippen molar-refractivity contribution in [2.75, 3.05) is 11.9 Å². The molecule has 2 aromatic rings. The molecule has 0 aliphatic rings. The molecule has 1 heterocycles.